The molecule has 0 aliphatic carbocycles. The first-order chi connectivity index (χ1) is 10.1. The van der Waals surface area contributed by atoms with Crippen molar-refractivity contribution in [2.75, 3.05) is 0 Å². The lowest BCUT2D eigenvalue weighted by Gasteiger charge is -2.13. The number of fused-ring (bicyclic) bond motifs is 1. The van der Waals surface area contributed by atoms with Gasteiger partial charge in [0.15, 0.2) is 0 Å². The van der Waals surface area contributed by atoms with Crippen molar-refractivity contribution in [3.8, 4) is 0 Å². The first-order valence-corrected chi connectivity index (χ1v) is 7.17. The van der Waals surface area contributed by atoms with Gasteiger partial charge in [0.25, 0.3) is 5.56 Å². The van der Waals surface area contributed by atoms with Crippen LogP contribution in [0.1, 0.15) is 11.7 Å². The minimum Gasteiger partial charge on any atom is -0.386 e. The molecule has 0 spiro atoms. The lowest BCUT2D eigenvalue weighted by Crippen LogP contribution is -2.22. The Hall–Kier alpha value is -1.99. The molecular formula is C14H13BrN4O2. The maximum absolute atomic E-state index is 12.1. The first-order valence-electron chi connectivity index (χ1n) is 6.38. The van der Waals surface area contributed by atoms with Crippen molar-refractivity contribution in [2.45, 2.75) is 12.6 Å². The Kier molecular flexibility index (Phi) is 3.60. The normalized spacial score (nSPS) is 12.7. The van der Waals surface area contributed by atoms with Gasteiger partial charge in [0.1, 0.15) is 5.52 Å². The molecule has 3 rings (SSSR count). The molecule has 1 N–H and O–H groups in total. The van der Waals surface area contributed by atoms with Gasteiger partial charge < -0.3 is 5.11 Å². The molecule has 2 aromatic heterocycles. The summed E-state index contributed by atoms with van der Waals surface area (Å²) in [5, 5.41) is 19.2. The minimum absolute atomic E-state index is 0.200. The molecule has 0 bridgehead atoms. The molecule has 0 aliphatic heterocycles. The molecule has 2 heterocycles. The van der Waals surface area contributed by atoms with E-state index in [0.29, 0.717) is 10.9 Å². The van der Waals surface area contributed by atoms with Crippen LogP contribution in [0, 0.1) is 0 Å². The average Bonchev–Trinajstić information content (AvgIpc) is 2.87. The molecule has 21 heavy (non-hydrogen) atoms. The van der Waals surface area contributed by atoms with Crippen LogP contribution in [0.15, 0.2) is 45.9 Å². The maximum atomic E-state index is 12.1. The standard InChI is InChI=1S/C14H13BrN4O2/c1-18-14(21)13-9(6-16-18)7-17-19(13)8-12(20)10-4-2-3-5-11(10)15/h2-7,12,20H,8H2,1H3. The van der Waals surface area contributed by atoms with Crippen molar-refractivity contribution in [1.29, 1.82) is 0 Å². The smallest absolute Gasteiger partial charge is 0.292 e. The van der Waals surface area contributed by atoms with Crippen molar-refractivity contribution >= 4 is 26.8 Å². The number of aliphatic hydroxyl groups is 1. The highest BCUT2D eigenvalue weighted by Gasteiger charge is 2.15. The molecule has 0 fully saturated rings. The number of hydrogen-bond acceptors (Lipinski definition) is 4. The molecule has 0 amide bonds. The van der Waals surface area contributed by atoms with Crippen LogP contribution in [0.5, 0.6) is 0 Å². The van der Waals surface area contributed by atoms with E-state index in [1.165, 1.54) is 9.36 Å². The molecule has 0 aliphatic rings. The number of aromatic nitrogens is 4. The Morgan fingerprint density at radius 3 is 2.76 bits per heavy atom. The van der Waals surface area contributed by atoms with E-state index in [4.69, 9.17) is 0 Å². The van der Waals surface area contributed by atoms with Crippen LogP contribution in [0.3, 0.4) is 0 Å². The van der Waals surface area contributed by atoms with E-state index in [1.807, 2.05) is 24.3 Å². The zero-order valence-electron chi connectivity index (χ0n) is 11.3. The van der Waals surface area contributed by atoms with Crippen molar-refractivity contribution in [2.24, 2.45) is 7.05 Å². The van der Waals surface area contributed by atoms with E-state index in [1.54, 1.807) is 19.4 Å². The number of aryl methyl sites for hydroxylation is 1. The van der Waals surface area contributed by atoms with Gasteiger partial charge in [-0.2, -0.15) is 10.2 Å². The number of benzene rings is 1. The third kappa shape index (κ3) is 2.50. The van der Waals surface area contributed by atoms with Gasteiger partial charge in [-0.3, -0.25) is 9.48 Å². The van der Waals surface area contributed by atoms with Gasteiger partial charge in [0.05, 0.1) is 25.0 Å². The van der Waals surface area contributed by atoms with E-state index in [9.17, 15) is 9.90 Å². The Bertz CT molecular complexity index is 856. The molecule has 108 valence electrons. The maximum Gasteiger partial charge on any atom is 0.292 e. The van der Waals surface area contributed by atoms with Crippen LogP contribution in [0.2, 0.25) is 0 Å². The molecule has 1 atom stereocenters. The fourth-order valence-electron chi connectivity index (χ4n) is 2.23. The van der Waals surface area contributed by atoms with Crippen LogP contribution in [-0.4, -0.2) is 24.7 Å². The van der Waals surface area contributed by atoms with Gasteiger partial charge in [-0.15, -0.1) is 0 Å². The third-order valence-electron chi connectivity index (χ3n) is 3.34. The number of halogens is 1. The summed E-state index contributed by atoms with van der Waals surface area (Å²) in [6, 6.07) is 7.43. The second kappa shape index (κ2) is 5.42. The molecule has 1 unspecified atom stereocenters. The summed E-state index contributed by atoms with van der Waals surface area (Å²) in [6.07, 6.45) is 2.41. The highest BCUT2D eigenvalue weighted by molar-refractivity contribution is 9.10. The molecule has 7 heteroatoms. The van der Waals surface area contributed by atoms with Gasteiger partial charge >= 0.3 is 0 Å². The van der Waals surface area contributed by atoms with E-state index < -0.39 is 6.10 Å². The number of aliphatic hydroxyl groups excluding tert-OH is 1. The molecule has 3 aromatic rings. The minimum atomic E-state index is -0.762. The molecule has 0 radical (unpaired) electrons. The predicted octanol–water partition coefficient (Wildman–Crippen LogP) is 1.63. The van der Waals surface area contributed by atoms with Crippen molar-refractivity contribution in [3.05, 3.63) is 57.0 Å². The Balaban J connectivity index is 2.01. The highest BCUT2D eigenvalue weighted by atomic mass is 79.9. The average molecular weight is 349 g/mol. The first kappa shape index (κ1) is 14.0. The van der Waals surface area contributed by atoms with Gasteiger partial charge in [0, 0.05) is 16.9 Å². The quantitative estimate of drug-likeness (QED) is 0.780. The van der Waals surface area contributed by atoms with Crippen LogP contribution in [0.25, 0.3) is 10.9 Å². The van der Waals surface area contributed by atoms with E-state index in [2.05, 4.69) is 26.1 Å². The van der Waals surface area contributed by atoms with Crippen LogP contribution >= 0.6 is 15.9 Å². The van der Waals surface area contributed by atoms with Crippen molar-refractivity contribution in [1.82, 2.24) is 19.6 Å². The van der Waals surface area contributed by atoms with Gasteiger partial charge in [0.2, 0.25) is 0 Å². The summed E-state index contributed by atoms with van der Waals surface area (Å²) in [5.41, 5.74) is 0.968. The lowest BCUT2D eigenvalue weighted by molar-refractivity contribution is 0.152. The van der Waals surface area contributed by atoms with Crippen molar-refractivity contribution < 1.29 is 5.11 Å². The molecule has 1 aromatic carbocycles. The largest absolute Gasteiger partial charge is 0.386 e. The van der Waals surface area contributed by atoms with Crippen molar-refractivity contribution in [3.63, 3.8) is 0 Å². The Labute approximate surface area is 128 Å². The number of nitrogens with zero attached hydrogens (tertiary/aromatic N) is 4. The topological polar surface area (TPSA) is 72.9 Å². The number of rotatable bonds is 3. The van der Waals surface area contributed by atoms with Gasteiger partial charge in [-0.1, -0.05) is 34.1 Å². The summed E-state index contributed by atoms with van der Waals surface area (Å²) < 4.78 is 3.60. The zero-order chi connectivity index (χ0) is 15.0. The fourth-order valence-corrected chi connectivity index (χ4v) is 2.78. The summed E-state index contributed by atoms with van der Waals surface area (Å²) in [5.74, 6) is 0. The fraction of sp³-hybridized carbons (Fsp3) is 0.214. The monoisotopic (exact) mass is 348 g/mol. The van der Waals surface area contributed by atoms with Gasteiger partial charge in [-0.05, 0) is 11.6 Å². The summed E-state index contributed by atoms with van der Waals surface area (Å²) in [4.78, 5) is 12.1. The Morgan fingerprint density at radius 2 is 2.00 bits per heavy atom. The highest BCUT2D eigenvalue weighted by Crippen LogP contribution is 2.24. The molecule has 0 saturated heterocycles. The van der Waals surface area contributed by atoms with Crippen LogP contribution in [-0.2, 0) is 13.6 Å². The van der Waals surface area contributed by atoms with Crippen LogP contribution in [0.4, 0.5) is 0 Å². The summed E-state index contributed by atoms with van der Waals surface area (Å²) in [7, 11) is 1.59. The zero-order valence-corrected chi connectivity index (χ0v) is 12.9. The third-order valence-corrected chi connectivity index (χ3v) is 4.07. The SMILES string of the molecule is Cn1ncc2cnn(CC(O)c3ccccc3Br)c2c1=O. The predicted molar refractivity (Wildman–Crippen MR) is 81.9 cm³/mol. The van der Waals surface area contributed by atoms with E-state index in [0.717, 1.165) is 10.0 Å². The van der Waals surface area contributed by atoms with E-state index >= 15 is 0 Å². The number of hydrogen-bond donors (Lipinski definition) is 1. The Morgan fingerprint density at radius 1 is 1.29 bits per heavy atom. The second-order valence-corrected chi connectivity index (χ2v) is 5.60. The summed E-state index contributed by atoms with van der Waals surface area (Å²) in [6.45, 7) is 0.200. The van der Waals surface area contributed by atoms with Crippen LogP contribution < -0.4 is 5.56 Å². The van der Waals surface area contributed by atoms with E-state index in [-0.39, 0.29) is 12.1 Å². The second-order valence-electron chi connectivity index (χ2n) is 4.74. The summed E-state index contributed by atoms with van der Waals surface area (Å²) >= 11 is 3.41. The lowest BCUT2D eigenvalue weighted by atomic mass is 10.1. The molecular weight excluding hydrogens is 336 g/mol. The molecule has 6 nitrogen and oxygen atoms in total. The molecule has 0 saturated carbocycles. The van der Waals surface area contributed by atoms with Gasteiger partial charge in [-0.25, -0.2) is 4.68 Å².